The Labute approximate surface area is 205 Å². The molecule has 2 aromatic rings. The Balaban J connectivity index is 1.39. The number of ether oxygens (including phenoxy) is 2. The molecular weight excluding hydrogens is 446 g/mol. The molecule has 5 nitrogen and oxygen atoms in total. The summed E-state index contributed by atoms with van der Waals surface area (Å²) in [5.74, 6) is 0.919. The minimum Gasteiger partial charge on any atom is -0.504 e. The van der Waals surface area contributed by atoms with Crippen molar-refractivity contribution < 1.29 is 19.7 Å². The van der Waals surface area contributed by atoms with E-state index in [0.717, 1.165) is 45.1 Å². The van der Waals surface area contributed by atoms with Gasteiger partial charge in [0.05, 0.1) is 5.60 Å². The van der Waals surface area contributed by atoms with Crippen molar-refractivity contribution in [1.82, 2.24) is 4.90 Å². The quantitative estimate of drug-likeness (QED) is 0.668. The lowest BCUT2D eigenvalue weighted by molar-refractivity contribution is -0.301. The average molecular weight is 482 g/mol. The molecule has 0 radical (unpaired) electrons. The fourth-order valence-electron chi connectivity index (χ4n) is 9.42. The number of hydrogen-bond donors (Lipinski definition) is 2. The summed E-state index contributed by atoms with van der Waals surface area (Å²) in [6, 6.07) is 8.60. The maximum absolute atomic E-state index is 12.1. The normalized spacial score (nSPS) is 41.1. The topological polar surface area (TPSA) is 62.2 Å². The number of methoxy groups -OCH3 is 1. The summed E-state index contributed by atoms with van der Waals surface area (Å²) in [4.78, 5) is 3.88. The van der Waals surface area contributed by atoms with Gasteiger partial charge in [-0.1, -0.05) is 12.1 Å². The van der Waals surface area contributed by atoms with Crippen LogP contribution in [0.5, 0.6) is 11.5 Å². The first-order valence-corrected chi connectivity index (χ1v) is 13.7. The average Bonchev–Trinajstić information content (AvgIpc) is 3.48. The second kappa shape index (κ2) is 6.78. The third kappa shape index (κ3) is 2.32. The van der Waals surface area contributed by atoms with Crippen molar-refractivity contribution in [1.29, 1.82) is 0 Å². The number of aryl methyl sites for hydroxylation is 1. The highest BCUT2D eigenvalue weighted by atomic mass is 32.1. The van der Waals surface area contributed by atoms with E-state index in [1.54, 1.807) is 11.3 Å². The standard InChI is InChI=1S/C28H35NO4S/c1-25(31,9-8-18-5-4-14-34-18)20-16-26-10-11-28(20,32-3)24-27(26)12-13-29(2)21(26)15-17-6-7-19(30)23(33-24)22(17)27/h4-7,14,20-21,24,30-31H,8-13,15-16H2,1-3H3. The lowest BCUT2D eigenvalue weighted by atomic mass is 9.33. The first kappa shape index (κ1) is 21.7. The Morgan fingerprint density at radius 3 is 2.88 bits per heavy atom. The highest BCUT2D eigenvalue weighted by Crippen LogP contribution is 2.77. The summed E-state index contributed by atoms with van der Waals surface area (Å²) in [6.45, 7) is 3.06. The molecular formula is C28H35NO4S. The van der Waals surface area contributed by atoms with Crippen LogP contribution in [0.25, 0.3) is 0 Å². The van der Waals surface area contributed by atoms with Gasteiger partial charge in [0.2, 0.25) is 0 Å². The van der Waals surface area contributed by atoms with Crippen LogP contribution in [0.3, 0.4) is 0 Å². The van der Waals surface area contributed by atoms with Gasteiger partial charge in [-0.15, -0.1) is 11.3 Å². The lowest BCUT2D eigenvalue weighted by Crippen LogP contribution is -2.82. The molecule has 2 aliphatic heterocycles. The molecule has 182 valence electrons. The van der Waals surface area contributed by atoms with E-state index < -0.39 is 11.2 Å². The zero-order valence-corrected chi connectivity index (χ0v) is 21.2. The van der Waals surface area contributed by atoms with Gasteiger partial charge in [0, 0.05) is 40.3 Å². The van der Waals surface area contributed by atoms with Gasteiger partial charge in [0.25, 0.3) is 0 Å². The number of aliphatic hydroxyl groups is 1. The summed E-state index contributed by atoms with van der Waals surface area (Å²) in [5, 5.41) is 25.1. The SMILES string of the molecule is COC12CCC3(CC1C(C)(O)CCc1cccs1)C1Cc4ccc(O)c5c4C3(CCN1C)C2O5. The van der Waals surface area contributed by atoms with Crippen molar-refractivity contribution in [3.8, 4) is 11.5 Å². The first-order chi connectivity index (χ1) is 16.3. The van der Waals surface area contributed by atoms with Crippen LogP contribution in [-0.4, -0.2) is 59.2 Å². The fraction of sp³-hybridized carbons (Fsp3) is 0.643. The molecule has 2 spiro atoms. The van der Waals surface area contributed by atoms with Gasteiger partial charge in [-0.05, 0) is 88.5 Å². The molecule has 1 saturated heterocycles. The number of aromatic hydroxyl groups is 1. The van der Waals surface area contributed by atoms with Crippen LogP contribution in [0.1, 0.15) is 55.0 Å². The fourth-order valence-corrected chi connectivity index (χ4v) is 10.1. The van der Waals surface area contributed by atoms with E-state index in [0.29, 0.717) is 18.2 Å². The molecule has 4 fully saturated rings. The number of nitrogens with zero attached hydrogens (tertiary/aromatic N) is 1. The zero-order valence-electron chi connectivity index (χ0n) is 20.3. The molecule has 1 aromatic carbocycles. The van der Waals surface area contributed by atoms with Gasteiger partial charge in [-0.25, -0.2) is 0 Å². The third-order valence-corrected chi connectivity index (χ3v) is 11.8. The van der Waals surface area contributed by atoms with Gasteiger partial charge in [0.1, 0.15) is 11.7 Å². The van der Waals surface area contributed by atoms with Crippen molar-refractivity contribution in [2.45, 2.75) is 80.6 Å². The molecule has 6 heteroatoms. The van der Waals surface area contributed by atoms with Crippen LogP contribution in [0.2, 0.25) is 0 Å². The Morgan fingerprint density at radius 2 is 2.12 bits per heavy atom. The first-order valence-electron chi connectivity index (χ1n) is 12.8. The summed E-state index contributed by atoms with van der Waals surface area (Å²) in [6.07, 6.45) is 6.34. The Morgan fingerprint density at radius 1 is 1.26 bits per heavy atom. The van der Waals surface area contributed by atoms with Crippen molar-refractivity contribution >= 4 is 11.3 Å². The maximum atomic E-state index is 12.1. The number of fused-ring (bicyclic) bond motifs is 2. The smallest absolute Gasteiger partial charge is 0.165 e. The number of rotatable bonds is 5. The number of piperidine rings is 1. The van der Waals surface area contributed by atoms with E-state index >= 15 is 0 Å². The second-order valence-corrected chi connectivity index (χ2v) is 12.9. The third-order valence-electron chi connectivity index (χ3n) is 10.8. The highest BCUT2D eigenvalue weighted by molar-refractivity contribution is 7.09. The van der Waals surface area contributed by atoms with Crippen molar-refractivity contribution in [3.63, 3.8) is 0 Å². The van der Waals surface area contributed by atoms with E-state index in [9.17, 15) is 10.2 Å². The van der Waals surface area contributed by atoms with Crippen LogP contribution in [0.4, 0.5) is 0 Å². The highest BCUT2D eigenvalue weighted by Gasteiger charge is 2.81. The zero-order chi connectivity index (χ0) is 23.5. The predicted molar refractivity (Wildman–Crippen MR) is 132 cm³/mol. The maximum Gasteiger partial charge on any atom is 0.165 e. The Bertz CT molecular complexity index is 1150. The number of likely N-dealkylation sites (tertiary alicyclic amines) is 1. The molecule has 34 heavy (non-hydrogen) atoms. The number of hydrogen-bond acceptors (Lipinski definition) is 6. The van der Waals surface area contributed by atoms with Gasteiger partial charge >= 0.3 is 0 Å². The van der Waals surface area contributed by atoms with Crippen LogP contribution in [0.15, 0.2) is 29.6 Å². The largest absolute Gasteiger partial charge is 0.504 e. The van der Waals surface area contributed by atoms with Crippen molar-refractivity contribution in [2.24, 2.45) is 11.3 Å². The molecule has 6 aliphatic rings. The predicted octanol–water partition coefficient (Wildman–Crippen LogP) is 4.28. The number of likely N-dealkylation sites (N-methyl/N-ethyl adjacent to an activating group) is 1. The number of phenols is 1. The summed E-state index contributed by atoms with van der Waals surface area (Å²) in [5.41, 5.74) is 1.02. The van der Waals surface area contributed by atoms with Crippen LogP contribution in [-0.2, 0) is 23.0 Å². The number of thiophene rings is 1. The summed E-state index contributed by atoms with van der Waals surface area (Å²) in [7, 11) is 4.10. The van der Waals surface area contributed by atoms with Gasteiger partial charge in [-0.2, -0.15) is 0 Å². The lowest BCUT2D eigenvalue weighted by Gasteiger charge is -2.74. The van der Waals surface area contributed by atoms with E-state index in [2.05, 4.69) is 35.5 Å². The molecule has 8 rings (SSSR count). The van der Waals surface area contributed by atoms with E-state index in [4.69, 9.17) is 9.47 Å². The molecule has 3 heterocycles. The molecule has 1 aromatic heterocycles. The van der Waals surface area contributed by atoms with E-state index in [1.807, 2.05) is 20.1 Å². The van der Waals surface area contributed by atoms with Crippen LogP contribution < -0.4 is 4.74 Å². The molecule has 7 atom stereocenters. The van der Waals surface area contributed by atoms with Gasteiger partial charge in [-0.3, -0.25) is 0 Å². The van der Waals surface area contributed by atoms with Gasteiger partial charge in [0.15, 0.2) is 11.5 Å². The van der Waals surface area contributed by atoms with Crippen LogP contribution >= 0.6 is 11.3 Å². The summed E-state index contributed by atoms with van der Waals surface area (Å²) >= 11 is 1.76. The van der Waals surface area contributed by atoms with Gasteiger partial charge < -0.3 is 24.6 Å². The monoisotopic (exact) mass is 481 g/mol. The number of phenolic OH excluding ortho intramolecular Hbond substituents is 1. The molecule has 4 aliphatic carbocycles. The van der Waals surface area contributed by atoms with E-state index in [1.165, 1.54) is 16.0 Å². The Kier molecular flexibility index (Phi) is 4.32. The molecule has 7 unspecified atom stereocenters. The number of benzene rings is 1. The molecule has 2 N–H and O–H groups in total. The molecule has 4 bridgehead atoms. The minimum atomic E-state index is -0.873. The summed E-state index contributed by atoms with van der Waals surface area (Å²) < 4.78 is 13.4. The minimum absolute atomic E-state index is 0.0224. The van der Waals surface area contributed by atoms with E-state index in [-0.39, 0.29) is 28.6 Å². The van der Waals surface area contributed by atoms with Crippen LogP contribution in [0, 0.1) is 11.3 Å². The second-order valence-electron chi connectivity index (χ2n) is 11.9. The Hall–Kier alpha value is -1.60. The molecule has 3 saturated carbocycles. The van der Waals surface area contributed by atoms with Crippen molar-refractivity contribution in [2.75, 3.05) is 20.7 Å². The van der Waals surface area contributed by atoms with Crippen molar-refractivity contribution in [3.05, 3.63) is 45.6 Å². The molecule has 0 amide bonds.